The number of nitrogens with one attached hydrogen (secondary N) is 1. The van der Waals surface area contributed by atoms with Crippen LogP contribution in [-0.2, 0) is 19.5 Å². The maximum Gasteiger partial charge on any atom is 0.254 e. The molecular weight excluding hydrogens is 354 g/mol. The van der Waals surface area contributed by atoms with Gasteiger partial charge in [-0.25, -0.2) is 15.0 Å². The molecule has 0 spiro atoms. The smallest absolute Gasteiger partial charge is 0.254 e. The number of H-pyrrole nitrogens is 1. The van der Waals surface area contributed by atoms with Crippen molar-refractivity contribution in [1.29, 1.82) is 0 Å². The Labute approximate surface area is 154 Å². The fourth-order valence-corrected chi connectivity index (χ4v) is 3.30. The number of aromatic nitrogens is 4. The average Bonchev–Trinajstić information content (AvgIpc) is 2.66. The molecule has 0 atom stereocenters. The summed E-state index contributed by atoms with van der Waals surface area (Å²) in [7, 11) is 0. The van der Waals surface area contributed by atoms with E-state index in [4.69, 9.17) is 11.6 Å². The van der Waals surface area contributed by atoms with Gasteiger partial charge in [0.25, 0.3) is 5.56 Å². The van der Waals surface area contributed by atoms with Crippen LogP contribution in [0.15, 0.2) is 41.7 Å². The van der Waals surface area contributed by atoms with Gasteiger partial charge >= 0.3 is 0 Å². The van der Waals surface area contributed by atoms with Crippen molar-refractivity contribution in [2.24, 2.45) is 0 Å². The molecule has 0 bridgehead atoms. The van der Waals surface area contributed by atoms with Gasteiger partial charge < -0.3 is 10.1 Å². The monoisotopic (exact) mass is 369 g/mol. The fourth-order valence-electron chi connectivity index (χ4n) is 3.12. The summed E-state index contributed by atoms with van der Waals surface area (Å²) < 4.78 is 0. The largest absolute Gasteiger partial charge is 0.506 e. The van der Waals surface area contributed by atoms with Crippen molar-refractivity contribution in [2.45, 2.75) is 19.5 Å². The number of halogens is 1. The van der Waals surface area contributed by atoms with E-state index in [9.17, 15) is 9.90 Å². The first kappa shape index (κ1) is 16.7. The molecule has 132 valence electrons. The first-order chi connectivity index (χ1) is 12.6. The molecule has 3 heterocycles. The number of hydrogen-bond acceptors (Lipinski definition) is 6. The van der Waals surface area contributed by atoms with Crippen LogP contribution in [-0.4, -0.2) is 36.5 Å². The van der Waals surface area contributed by atoms with E-state index < -0.39 is 0 Å². The van der Waals surface area contributed by atoms with Crippen LogP contribution in [0.4, 0.5) is 0 Å². The average molecular weight is 370 g/mol. The SMILES string of the molecule is O=c1[nH]c(-c2cncnc2)nc2c1CCN(Cc1cccc(O)c1Cl)C2. The lowest BCUT2D eigenvalue weighted by Gasteiger charge is -2.28. The van der Waals surface area contributed by atoms with E-state index in [1.807, 2.05) is 6.07 Å². The fraction of sp³-hybridized carbons (Fsp3) is 0.222. The van der Waals surface area contributed by atoms with Crippen molar-refractivity contribution < 1.29 is 5.11 Å². The lowest BCUT2D eigenvalue weighted by Crippen LogP contribution is -2.35. The number of fused-ring (bicyclic) bond motifs is 1. The molecule has 26 heavy (non-hydrogen) atoms. The van der Waals surface area contributed by atoms with Crippen LogP contribution in [0.2, 0.25) is 5.02 Å². The summed E-state index contributed by atoms with van der Waals surface area (Å²) in [6.07, 6.45) is 5.27. The van der Waals surface area contributed by atoms with Crippen LogP contribution in [0.3, 0.4) is 0 Å². The van der Waals surface area contributed by atoms with Crippen molar-refractivity contribution in [2.75, 3.05) is 6.54 Å². The van der Waals surface area contributed by atoms with Gasteiger partial charge in [0, 0.05) is 37.6 Å². The van der Waals surface area contributed by atoms with Gasteiger partial charge in [-0.1, -0.05) is 23.7 Å². The Balaban J connectivity index is 1.63. The number of phenols is 1. The second-order valence-corrected chi connectivity index (χ2v) is 6.56. The van der Waals surface area contributed by atoms with Gasteiger partial charge in [0.2, 0.25) is 0 Å². The maximum absolute atomic E-state index is 12.4. The molecule has 2 aromatic heterocycles. The van der Waals surface area contributed by atoms with Gasteiger partial charge in [0.1, 0.15) is 17.9 Å². The van der Waals surface area contributed by atoms with E-state index in [1.54, 1.807) is 24.5 Å². The van der Waals surface area contributed by atoms with Crippen molar-refractivity contribution in [3.05, 3.63) is 69.1 Å². The molecule has 0 radical (unpaired) electrons. The summed E-state index contributed by atoms with van der Waals surface area (Å²) in [5.41, 5.74) is 2.85. The van der Waals surface area contributed by atoms with Gasteiger partial charge in [-0.3, -0.25) is 9.69 Å². The highest BCUT2D eigenvalue weighted by Gasteiger charge is 2.22. The van der Waals surface area contributed by atoms with Crippen LogP contribution in [0.25, 0.3) is 11.4 Å². The first-order valence-electron chi connectivity index (χ1n) is 8.18. The van der Waals surface area contributed by atoms with Gasteiger partial charge in [0.05, 0.1) is 16.3 Å². The zero-order valence-electron chi connectivity index (χ0n) is 13.8. The lowest BCUT2D eigenvalue weighted by atomic mass is 10.1. The third-order valence-electron chi connectivity index (χ3n) is 4.44. The maximum atomic E-state index is 12.4. The molecule has 1 aromatic carbocycles. The summed E-state index contributed by atoms with van der Waals surface area (Å²) >= 11 is 6.18. The molecule has 0 amide bonds. The van der Waals surface area contributed by atoms with Gasteiger partial charge in [-0.15, -0.1) is 0 Å². The van der Waals surface area contributed by atoms with Crippen molar-refractivity contribution in [3.63, 3.8) is 0 Å². The molecule has 0 saturated heterocycles. The van der Waals surface area contributed by atoms with Crippen molar-refractivity contribution >= 4 is 11.6 Å². The molecule has 0 unspecified atom stereocenters. The van der Waals surface area contributed by atoms with Gasteiger partial charge in [0.15, 0.2) is 0 Å². The molecule has 3 aromatic rings. The second-order valence-electron chi connectivity index (χ2n) is 6.18. The van der Waals surface area contributed by atoms with Crippen LogP contribution in [0, 0.1) is 0 Å². The molecule has 2 N–H and O–H groups in total. The molecule has 8 heteroatoms. The minimum atomic E-state index is -0.121. The quantitative estimate of drug-likeness (QED) is 0.734. The number of rotatable bonds is 3. The normalized spacial score (nSPS) is 14.2. The van der Waals surface area contributed by atoms with E-state index in [0.29, 0.717) is 41.5 Å². The Hall–Kier alpha value is -2.77. The Morgan fingerprint density at radius 2 is 2.08 bits per heavy atom. The number of phenolic OH excluding ortho intramolecular Hbond substituents is 1. The predicted molar refractivity (Wildman–Crippen MR) is 96.8 cm³/mol. The summed E-state index contributed by atoms with van der Waals surface area (Å²) in [4.78, 5) is 29.9. The number of hydrogen-bond donors (Lipinski definition) is 2. The highest BCUT2D eigenvalue weighted by atomic mass is 35.5. The third kappa shape index (κ3) is 3.18. The van der Waals surface area contributed by atoms with E-state index in [0.717, 1.165) is 17.8 Å². The Morgan fingerprint density at radius 3 is 2.88 bits per heavy atom. The van der Waals surface area contributed by atoms with E-state index in [2.05, 4.69) is 24.8 Å². The predicted octanol–water partition coefficient (Wildman–Crippen LogP) is 2.14. The van der Waals surface area contributed by atoms with Gasteiger partial charge in [-0.05, 0) is 18.1 Å². The summed E-state index contributed by atoms with van der Waals surface area (Å²) in [6.45, 7) is 1.83. The number of aromatic hydroxyl groups is 1. The molecule has 0 aliphatic carbocycles. The zero-order chi connectivity index (χ0) is 18.1. The summed E-state index contributed by atoms with van der Waals surface area (Å²) in [5, 5.41) is 10.1. The molecule has 1 aliphatic heterocycles. The Morgan fingerprint density at radius 1 is 1.27 bits per heavy atom. The lowest BCUT2D eigenvalue weighted by molar-refractivity contribution is 0.240. The zero-order valence-corrected chi connectivity index (χ0v) is 14.6. The standard InChI is InChI=1S/C18H16ClN5O2/c19-16-11(2-1-3-15(16)25)8-24-5-4-13-14(9-24)22-17(23-18(13)26)12-6-20-10-21-7-12/h1-3,6-7,10,25H,4-5,8-9H2,(H,22,23,26). The van der Waals surface area contributed by atoms with E-state index in [1.165, 1.54) is 6.33 Å². The Kier molecular flexibility index (Phi) is 4.40. The second kappa shape index (κ2) is 6.86. The van der Waals surface area contributed by atoms with E-state index >= 15 is 0 Å². The highest BCUT2D eigenvalue weighted by Crippen LogP contribution is 2.28. The van der Waals surface area contributed by atoms with E-state index in [-0.39, 0.29) is 11.3 Å². The van der Waals surface area contributed by atoms with Crippen LogP contribution >= 0.6 is 11.6 Å². The molecule has 7 nitrogen and oxygen atoms in total. The van der Waals surface area contributed by atoms with Crippen LogP contribution in [0.1, 0.15) is 16.8 Å². The third-order valence-corrected chi connectivity index (χ3v) is 4.88. The minimum Gasteiger partial charge on any atom is -0.506 e. The number of nitrogens with zero attached hydrogens (tertiary/aromatic N) is 4. The first-order valence-corrected chi connectivity index (χ1v) is 8.56. The van der Waals surface area contributed by atoms with Gasteiger partial charge in [-0.2, -0.15) is 0 Å². The molecule has 0 saturated carbocycles. The number of benzene rings is 1. The minimum absolute atomic E-state index is 0.0718. The summed E-state index contributed by atoms with van der Waals surface area (Å²) in [6, 6.07) is 5.22. The number of aromatic amines is 1. The van der Waals surface area contributed by atoms with Crippen molar-refractivity contribution in [3.8, 4) is 17.1 Å². The van der Waals surface area contributed by atoms with Crippen molar-refractivity contribution in [1.82, 2.24) is 24.8 Å². The highest BCUT2D eigenvalue weighted by molar-refractivity contribution is 6.32. The molecule has 0 fully saturated rings. The molecule has 1 aliphatic rings. The topological polar surface area (TPSA) is 95.0 Å². The summed E-state index contributed by atoms with van der Waals surface area (Å²) in [5.74, 6) is 0.536. The molecular formula is C18H16ClN5O2. The molecule has 4 rings (SSSR count). The Bertz CT molecular complexity index is 1010. The van der Waals surface area contributed by atoms with Crippen LogP contribution < -0.4 is 5.56 Å². The van der Waals surface area contributed by atoms with Crippen LogP contribution in [0.5, 0.6) is 5.75 Å².